The van der Waals surface area contributed by atoms with Crippen LogP contribution in [0.2, 0.25) is 0 Å². The van der Waals surface area contributed by atoms with Crippen LogP contribution in [0.25, 0.3) is 0 Å². The van der Waals surface area contributed by atoms with Crippen molar-refractivity contribution in [3.05, 3.63) is 35.6 Å². The standard InChI is InChI=1S/C14H19FN2O/c1-9(10-3-2-4-12(15)7-10)17-14(18)11-5-6-13(16)8-11/h2-4,7,9,11,13H,5-6,8,16H2,1H3,(H,17,18)/t9-,11?,13?/m0/s1. The molecule has 0 spiro atoms. The third kappa shape index (κ3) is 3.07. The van der Waals surface area contributed by atoms with Crippen molar-refractivity contribution in [2.24, 2.45) is 11.7 Å². The third-order valence-electron chi connectivity index (χ3n) is 3.55. The van der Waals surface area contributed by atoms with Crippen molar-refractivity contribution in [2.45, 2.75) is 38.3 Å². The van der Waals surface area contributed by atoms with Gasteiger partial charge in [-0.2, -0.15) is 0 Å². The highest BCUT2D eigenvalue weighted by Gasteiger charge is 2.28. The zero-order chi connectivity index (χ0) is 13.1. The number of hydrogen-bond donors (Lipinski definition) is 2. The molecule has 1 fully saturated rings. The molecule has 1 aliphatic rings. The van der Waals surface area contributed by atoms with Crippen molar-refractivity contribution in [1.82, 2.24) is 5.32 Å². The maximum atomic E-state index is 13.1. The fourth-order valence-electron chi connectivity index (χ4n) is 2.45. The first-order valence-corrected chi connectivity index (χ1v) is 6.37. The highest BCUT2D eigenvalue weighted by atomic mass is 19.1. The smallest absolute Gasteiger partial charge is 0.223 e. The van der Waals surface area contributed by atoms with Gasteiger partial charge in [0.2, 0.25) is 5.91 Å². The summed E-state index contributed by atoms with van der Waals surface area (Å²) in [5, 5.41) is 2.92. The molecule has 18 heavy (non-hydrogen) atoms. The monoisotopic (exact) mass is 250 g/mol. The van der Waals surface area contributed by atoms with Gasteiger partial charge >= 0.3 is 0 Å². The van der Waals surface area contributed by atoms with E-state index in [1.165, 1.54) is 12.1 Å². The summed E-state index contributed by atoms with van der Waals surface area (Å²) < 4.78 is 13.1. The zero-order valence-electron chi connectivity index (χ0n) is 10.5. The summed E-state index contributed by atoms with van der Waals surface area (Å²) in [5.74, 6) is -0.243. The van der Waals surface area contributed by atoms with E-state index in [0.29, 0.717) is 0 Å². The van der Waals surface area contributed by atoms with Gasteiger partial charge in [-0.3, -0.25) is 4.79 Å². The number of benzene rings is 1. The Labute approximate surface area is 107 Å². The van der Waals surface area contributed by atoms with E-state index < -0.39 is 0 Å². The largest absolute Gasteiger partial charge is 0.349 e. The summed E-state index contributed by atoms with van der Waals surface area (Å²) in [6.07, 6.45) is 2.51. The second-order valence-corrected chi connectivity index (χ2v) is 5.06. The van der Waals surface area contributed by atoms with Crippen molar-refractivity contribution in [3.8, 4) is 0 Å². The van der Waals surface area contributed by atoms with Crippen molar-refractivity contribution >= 4 is 5.91 Å². The van der Waals surface area contributed by atoms with Crippen LogP contribution in [0, 0.1) is 11.7 Å². The van der Waals surface area contributed by atoms with Crippen molar-refractivity contribution in [3.63, 3.8) is 0 Å². The summed E-state index contributed by atoms with van der Waals surface area (Å²) in [4.78, 5) is 12.0. The number of carbonyl (C=O) groups is 1. The van der Waals surface area contributed by atoms with E-state index in [2.05, 4.69) is 5.32 Å². The maximum Gasteiger partial charge on any atom is 0.223 e. The summed E-state index contributed by atoms with van der Waals surface area (Å²) in [7, 11) is 0. The highest BCUT2D eigenvalue weighted by Crippen LogP contribution is 2.25. The van der Waals surface area contributed by atoms with Gasteiger partial charge in [-0.1, -0.05) is 12.1 Å². The molecule has 0 saturated heterocycles. The fourth-order valence-corrected chi connectivity index (χ4v) is 2.45. The molecule has 2 unspecified atom stereocenters. The quantitative estimate of drug-likeness (QED) is 0.863. The number of amides is 1. The normalized spacial score (nSPS) is 24.8. The first-order valence-electron chi connectivity index (χ1n) is 6.37. The van der Waals surface area contributed by atoms with Crippen LogP contribution in [0.5, 0.6) is 0 Å². The Morgan fingerprint density at radius 3 is 2.89 bits per heavy atom. The van der Waals surface area contributed by atoms with Gasteiger partial charge in [-0.25, -0.2) is 4.39 Å². The van der Waals surface area contributed by atoms with Crippen LogP contribution in [0.1, 0.15) is 37.8 Å². The van der Waals surface area contributed by atoms with Gasteiger partial charge in [-0.15, -0.1) is 0 Å². The van der Waals surface area contributed by atoms with E-state index in [1.807, 2.05) is 13.0 Å². The molecule has 1 aromatic carbocycles. The predicted octanol–water partition coefficient (Wildman–Crippen LogP) is 2.13. The zero-order valence-corrected chi connectivity index (χ0v) is 10.5. The molecule has 3 N–H and O–H groups in total. The molecule has 3 atom stereocenters. The molecule has 2 rings (SSSR count). The molecular weight excluding hydrogens is 231 g/mol. The van der Waals surface area contributed by atoms with E-state index in [0.717, 1.165) is 24.8 Å². The topological polar surface area (TPSA) is 55.1 Å². The molecule has 0 bridgehead atoms. The molecule has 0 heterocycles. The minimum atomic E-state index is -0.281. The summed E-state index contributed by atoms with van der Waals surface area (Å²) >= 11 is 0. The highest BCUT2D eigenvalue weighted by molar-refractivity contribution is 5.79. The number of hydrogen-bond acceptors (Lipinski definition) is 2. The molecule has 3 nitrogen and oxygen atoms in total. The number of carbonyl (C=O) groups excluding carboxylic acids is 1. The van der Waals surface area contributed by atoms with Crippen LogP contribution >= 0.6 is 0 Å². The molecule has 98 valence electrons. The van der Waals surface area contributed by atoms with E-state index in [4.69, 9.17) is 5.73 Å². The molecule has 1 amide bonds. The van der Waals surface area contributed by atoms with E-state index in [1.54, 1.807) is 6.07 Å². The summed E-state index contributed by atoms with van der Waals surface area (Å²) in [6.45, 7) is 1.86. The van der Waals surface area contributed by atoms with Crippen molar-refractivity contribution < 1.29 is 9.18 Å². The summed E-state index contributed by atoms with van der Waals surface area (Å²) in [5.41, 5.74) is 6.58. The van der Waals surface area contributed by atoms with Crippen molar-refractivity contribution in [2.75, 3.05) is 0 Å². The summed E-state index contributed by atoms with van der Waals surface area (Å²) in [6, 6.07) is 6.28. The van der Waals surface area contributed by atoms with Gasteiger partial charge in [0.15, 0.2) is 0 Å². The number of rotatable bonds is 3. The van der Waals surface area contributed by atoms with Crippen LogP contribution in [0.3, 0.4) is 0 Å². The second-order valence-electron chi connectivity index (χ2n) is 5.06. The molecule has 4 heteroatoms. The number of nitrogens with one attached hydrogen (secondary N) is 1. The Morgan fingerprint density at radius 2 is 2.28 bits per heavy atom. The van der Waals surface area contributed by atoms with Gasteiger partial charge < -0.3 is 11.1 Å². The minimum Gasteiger partial charge on any atom is -0.349 e. The average Bonchev–Trinajstić information content (AvgIpc) is 2.76. The predicted molar refractivity (Wildman–Crippen MR) is 68.3 cm³/mol. The molecule has 1 aliphatic carbocycles. The first-order chi connectivity index (χ1) is 8.56. The third-order valence-corrected chi connectivity index (χ3v) is 3.55. The van der Waals surface area contributed by atoms with E-state index >= 15 is 0 Å². The second kappa shape index (κ2) is 5.48. The van der Waals surface area contributed by atoms with Gasteiger partial charge in [0.1, 0.15) is 5.82 Å². The van der Waals surface area contributed by atoms with E-state index in [-0.39, 0.29) is 29.7 Å². The Balaban J connectivity index is 1.95. The minimum absolute atomic E-state index is 0.0102. The molecule has 0 aliphatic heterocycles. The SMILES string of the molecule is C[C@H](NC(=O)C1CCC(N)C1)c1cccc(F)c1. The van der Waals surface area contributed by atoms with Gasteiger partial charge in [0.25, 0.3) is 0 Å². The lowest BCUT2D eigenvalue weighted by Gasteiger charge is -2.17. The average molecular weight is 250 g/mol. The van der Waals surface area contributed by atoms with E-state index in [9.17, 15) is 9.18 Å². The maximum absolute atomic E-state index is 13.1. The molecule has 1 saturated carbocycles. The molecule has 0 aromatic heterocycles. The Bertz CT molecular complexity index is 436. The lowest BCUT2D eigenvalue weighted by Crippen LogP contribution is -2.32. The van der Waals surface area contributed by atoms with Gasteiger partial charge in [0, 0.05) is 12.0 Å². The van der Waals surface area contributed by atoms with Crippen LogP contribution in [-0.2, 0) is 4.79 Å². The van der Waals surface area contributed by atoms with Crippen LogP contribution < -0.4 is 11.1 Å². The fraction of sp³-hybridized carbons (Fsp3) is 0.500. The van der Waals surface area contributed by atoms with Gasteiger partial charge in [-0.05, 0) is 43.9 Å². The Kier molecular flexibility index (Phi) is 3.97. The van der Waals surface area contributed by atoms with Gasteiger partial charge in [0.05, 0.1) is 6.04 Å². The molecule has 1 aromatic rings. The Hall–Kier alpha value is -1.42. The first kappa shape index (κ1) is 13.0. The van der Waals surface area contributed by atoms with Crippen molar-refractivity contribution in [1.29, 1.82) is 0 Å². The Morgan fingerprint density at radius 1 is 1.50 bits per heavy atom. The van der Waals surface area contributed by atoms with Crippen LogP contribution in [0.4, 0.5) is 4.39 Å². The number of halogens is 1. The molecular formula is C14H19FN2O. The lowest BCUT2D eigenvalue weighted by molar-refractivity contribution is -0.125. The lowest BCUT2D eigenvalue weighted by atomic mass is 10.0. The number of nitrogens with two attached hydrogens (primary N) is 1. The van der Waals surface area contributed by atoms with Crippen LogP contribution in [-0.4, -0.2) is 11.9 Å². The van der Waals surface area contributed by atoms with Crippen LogP contribution in [0.15, 0.2) is 24.3 Å². The molecule has 0 radical (unpaired) electrons.